The summed E-state index contributed by atoms with van der Waals surface area (Å²) < 4.78 is 5.65. The molecule has 2 fully saturated rings. The second kappa shape index (κ2) is 9.35. The summed E-state index contributed by atoms with van der Waals surface area (Å²) in [4.78, 5) is 16.9. The third kappa shape index (κ3) is 5.55. The van der Waals surface area contributed by atoms with Crippen molar-refractivity contribution in [1.82, 2.24) is 9.80 Å². The molecule has 25 heavy (non-hydrogen) atoms. The van der Waals surface area contributed by atoms with Crippen LogP contribution in [0.4, 0.5) is 0 Å². The average Bonchev–Trinajstić information content (AvgIpc) is 3.16. The predicted molar refractivity (Wildman–Crippen MR) is 101 cm³/mol. The number of nitrogens with zero attached hydrogens (tertiary/aromatic N) is 2. The molecule has 0 spiro atoms. The zero-order valence-corrected chi connectivity index (χ0v) is 15.6. The normalized spacial score (nSPS) is 21.4. The van der Waals surface area contributed by atoms with Crippen LogP contribution >= 0.6 is 0 Å². The average molecular weight is 344 g/mol. The quantitative estimate of drug-likeness (QED) is 0.756. The Labute approximate surface area is 152 Å². The topological polar surface area (TPSA) is 32.8 Å². The monoisotopic (exact) mass is 344 g/mol. The van der Waals surface area contributed by atoms with E-state index in [2.05, 4.69) is 17.0 Å². The van der Waals surface area contributed by atoms with E-state index in [0.717, 1.165) is 38.1 Å². The maximum absolute atomic E-state index is 12.6. The van der Waals surface area contributed by atoms with Gasteiger partial charge in [-0.1, -0.05) is 18.6 Å². The first-order valence-electron chi connectivity index (χ1n) is 9.91. The Morgan fingerprint density at radius 1 is 1.16 bits per heavy atom. The number of amides is 1. The molecule has 0 bridgehead atoms. The largest absolute Gasteiger partial charge is 0.378 e. The number of hydrogen-bond acceptors (Lipinski definition) is 3. The van der Waals surface area contributed by atoms with Crippen LogP contribution in [0.2, 0.25) is 0 Å². The number of carbonyl (C=O) groups is 1. The number of ether oxygens (including phenoxy) is 1. The number of benzene rings is 1. The Bertz CT molecular complexity index is 531. The summed E-state index contributed by atoms with van der Waals surface area (Å²) in [5.41, 5.74) is 2.10. The standard InChI is InChI=1S/C21H32N2O2/c1-22(13-5-7-20-8-6-16-25-20)21(24)19-11-9-18(10-12-19)17-23-14-3-2-4-15-23/h9-12,20H,2-8,13-17H2,1H3/t20-/m1/s1. The third-order valence-corrected chi connectivity index (χ3v) is 5.45. The lowest BCUT2D eigenvalue weighted by Gasteiger charge is -2.26. The molecule has 1 atom stereocenters. The summed E-state index contributed by atoms with van der Waals surface area (Å²) in [6.45, 7) is 5.12. The predicted octanol–water partition coefficient (Wildman–Crippen LogP) is 3.70. The molecule has 2 saturated heterocycles. The Hall–Kier alpha value is -1.39. The van der Waals surface area contributed by atoms with Crippen LogP contribution in [-0.4, -0.2) is 55.1 Å². The van der Waals surface area contributed by atoms with Gasteiger partial charge in [-0.15, -0.1) is 0 Å². The molecule has 2 aliphatic heterocycles. The van der Waals surface area contributed by atoms with E-state index in [0.29, 0.717) is 6.10 Å². The summed E-state index contributed by atoms with van der Waals surface area (Å²) in [6, 6.07) is 8.19. The number of rotatable bonds is 7. The Morgan fingerprint density at radius 2 is 1.92 bits per heavy atom. The lowest BCUT2D eigenvalue weighted by molar-refractivity contribution is 0.0763. The minimum atomic E-state index is 0.122. The summed E-state index contributed by atoms with van der Waals surface area (Å²) >= 11 is 0. The molecule has 4 heteroatoms. The second-order valence-corrected chi connectivity index (χ2v) is 7.54. The number of carbonyl (C=O) groups excluding carboxylic acids is 1. The smallest absolute Gasteiger partial charge is 0.253 e. The highest BCUT2D eigenvalue weighted by molar-refractivity contribution is 5.94. The minimum absolute atomic E-state index is 0.122. The second-order valence-electron chi connectivity index (χ2n) is 7.54. The van der Waals surface area contributed by atoms with Gasteiger partial charge in [0.2, 0.25) is 0 Å². The van der Waals surface area contributed by atoms with E-state index in [4.69, 9.17) is 4.74 Å². The van der Waals surface area contributed by atoms with Gasteiger partial charge in [0.15, 0.2) is 0 Å². The molecule has 0 aromatic heterocycles. The van der Waals surface area contributed by atoms with Crippen molar-refractivity contribution in [3.63, 3.8) is 0 Å². The van der Waals surface area contributed by atoms with Crippen molar-refractivity contribution >= 4 is 5.91 Å². The highest BCUT2D eigenvalue weighted by Gasteiger charge is 2.17. The van der Waals surface area contributed by atoms with Gasteiger partial charge in [0, 0.05) is 32.3 Å². The lowest BCUT2D eigenvalue weighted by Crippen LogP contribution is -2.29. The van der Waals surface area contributed by atoms with Gasteiger partial charge in [-0.2, -0.15) is 0 Å². The van der Waals surface area contributed by atoms with Crippen LogP contribution < -0.4 is 0 Å². The van der Waals surface area contributed by atoms with Gasteiger partial charge in [-0.3, -0.25) is 9.69 Å². The van der Waals surface area contributed by atoms with Crippen LogP contribution in [0, 0.1) is 0 Å². The molecular weight excluding hydrogens is 312 g/mol. The highest BCUT2D eigenvalue weighted by atomic mass is 16.5. The van der Waals surface area contributed by atoms with E-state index in [9.17, 15) is 4.79 Å². The van der Waals surface area contributed by atoms with E-state index >= 15 is 0 Å². The first-order valence-corrected chi connectivity index (χ1v) is 9.91. The molecule has 1 aromatic rings. The summed E-state index contributed by atoms with van der Waals surface area (Å²) in [5.74, 6) is 0.122. The van der Waals surface area contributed by atoms with Gasteiger partial charge in [-0.05, 0) is 69.3 Å². The third-order valence-electron chi connectivity index (χ3n) is 5.45. The van der Waals surface area contributed by atoms with Crippen molar-refractivity contribution in [3.8, 4) is 0 Å². The molecule has 0 N–H and O–H groups in total. The first-order chi connectivity index (χ1) is 12.2. The molecule has 138 valence electrons. The number of hydrogen-bond donors (Lipinski definition) is 0. The van der Waals surface area contributed by atoms with Crippen LogP contribution in [-0.2, 0) is 11.3 Å². The fraction of sp³-hybridized carbons (Fsp3) is 0.667. The molecule has 3 rings (SSSR count). The van der Waals surface area contributed by atoms with E-state index in [1.54, 1.807) is 0 Å². The minimum Gasteiger partial charge on any atom is -0.378 e. The van der Waals surface area contributed by atoms with Gasteiger partial charge in [-0.25, -0.2) is 0 Å². The van der Waals surface area contributed by atoms with Gasteiger partial charge in [0.25, 0.3) is 5.91 Å². The molecule has 0 saturated carbocycles. The first kappa shape index (κ1) is 18.4. The molecule has 1 aromatic carbocycles. The number of likely N-dealkylation sites (tertiary alicyclic amines) is 1. The van der Waals surface area contributed by atoms with E-state index in [1.807, 2.05) is 24.1 Å². The molecule has 0 aliphatic carbocycles. The molecule has 4 nitrogen and oxygen atoms in total. The summed E-state index contributed by atoms with van der Waals surface area (Å²) in [7, 11) is 1.90. The molecule has 2 heterocycles. The van der Waals surface area contributed by atoms with Crippen LogP contribution in [0.25, 0.3) is 0 Å². The van der Waals surface area contributed by atoms with Crippen LogP contribution in [0.5, 0.6) is 0 Å². The van der Waals surface area contributed by atoms with E-state index < -0.39 is 0 Å². The Morgan fingerprint density at radius 3 is 2.60 bits per heavy atom. The number of piperidine rings is 1. The fourth-order valence-corrected chi connectivity index (χ4v) is 3.88. The molecule has 1 amide bonds. The fourth-order valence-electron chi connectivity index (χ4n) is 3.88. The van der Waals surface area contributed by atoms with Crippen LogP contribution in [0.1, 0.15) is 60.9 Å². The van der Waals surface area contributed by atoms with Gasteiger partial charge in [0.05, 0.1) is 6.10 Å². The summed E-state index contributed by atoms with van der Waals surface area (Å²) in [5, 5.41) is 0. The Kier molecular flexibility index (Phi) is 6.88. The zero-order valence-electron chi connectivity index (χ0n) is 15.6. The van der Waals surface area contributed by atoms with Gasteiger partial charge < -0.3 is 9.64 Å². The van der Waals surface area contributed by atoms with Crippen LogP contribution in [0.3, 0.4) is 0 Å². The van der Waals surface area contributed by atoms with Gasteiger partial charge in [0.1, 0.15) is 0 Å². The SMILES string of the molecule is CN(CCC[C@@H]1CCCO1)C(=O)c1ccc(CN2CCCCC2)cc1. The maximum Gasteiger partial charge on any atom is 0.253 e. The summed E-state index contributed by atoms with van der Waals surface area (Å²) in [6.07, 6.45) is 8.84. The van der Waals surface area contributed by atoms with Crippen molar-refractivity contribution in [2.24, 2.45) is 0 Å². The van der Waals surface area contributed by atoms with Crippen molar-refractivity contribution in [2.45, 2.75) is 57.6 Å². The Balaban J connectivity index is 1.44. The molecular formula is C21H32N2O2. The zero-order chi connectivity index (χ0) is 17.5. The van der Waals surface area contributed by atoms with Crippen molar-refractivity contribution in [1.29, 1.82) is 0 Å². The lowest BCUT2D eigenvalue weighted by atomic mass is 10.1. The van der Waals surface area contributed by atoms with Gasteiger partial charge >= 0.3 is 0 Å². The van der Waals surface area contributed by atoms with Crippen molar-refractivity contribution in [3.05, 3.63) is 35.4 Å². The molecule has 0 unspecified atom stereocenters. The van der Waals surface area contributed by atoms with E-state index in [-0.39, 0.29) is 5.91 Å². The van der Waals surface area contributed by atoms with E-state index in [1.165, 1.54) is 50.8 Å². The molecule has 0 radical (unpaired) electrons. The van der Waals surface area contributed by atoms with Crippen LogP contribution in [0.15, 0.2) is 24.3 Å². The van der Waals surface area contributed by atoms with Crippen molar-refractivity contribution < 1.29 is 9.53 Å². The highest BCUT2D eigenvalue weighted by Crippen LogP contribution is 2.17. The molecule has 2 aliphatic rings. The maximum atomic E-state index is 12.6. The van der Waals surface area contributed by atoms with Crippen molar-refractivity contribution in [2.75, 3.05) is 33.3 Å².